The van der Waals surface area contributed by atoms with Crippen molar-refractivity contribution >= 4 is 27.9 Å². The third-order valence-electron chi connectivity index (χ3n) is 2.00. The van der Waals surface area contributed by atoms with Gasteiger partial charge in [0.1, 0.15) is 12.4 Å². The van der Waals surface area contributed by atoms with Gasteiger partial charge >= 0.3 is 11.9 Å². The Bertz CT molecular complexity index is 454. The predicted molar refractivity (Wildman–Crippen MR) is 65.7 cm³/mol. The molecule has 0 aromatic heterocycles. The van der Waals surface area contributed by atoms with Crippen LogP contribution in [0.25, 0.3) is 0 Å². The number of halogens is 1. The Kier molecular flexibility index (Phi) is 4.69. The fraction of sp³-hybridized carbons (Fsp3) is 0.333. The number of benzene rings is 1. The number of carbonyl (C=O) groups excluding carboxylic acids is 2. The molecule has 0 saturated carbocycles. The molecule has 0 N–H and O–H groups in total. The summed E-state index contributed by atoms with van der Waals surface area (Å²) in [5.41, 5.74) is 1.67. The molecule has 0 radical (unpaired) electrons. The van der Waals surface area contributed by atoms with Gasteiger partial charge in [-0.2, -0.15) is 0 Å². The van der Waals surface area contributed by atoms with Gasteiger partial charge in [-0.25, -0.2) is 0 Å². The van der Waals surface area contributed by atoms with Crippen LogP contribution in [0.5, 0.6) is 5.75 Å². The average molecular weight is 301 g/mol. The fourth-order valence-corrected chi connectivity index (χ4v) is 1.66. The molecule has 0 atom stereocenters. The van der Waals surface area contributed by atoms with Crippen molar-refractivity contribution in [3.8, 4) is 5.75 Å². The van der Waals surface area contributed by atoms with Gasteiger partial charge in [-0.1, -0.05) is 15.9 Å². The number of ether oxygens (including phenoxy) is 2. The molecule has 0 heterocycles. The van der Waals surface area contributed by atoms with E-state index in [0.29, 0.717) is 5.75 Å². The first-order valence-electron chi connectivity index (χ1n) is 5.01. The quantitative estimate of drug-likeness (QED) is 0.636. The number of carbonyl (C=O) groups is 2. The van der Waals surface area contributed by atoms with Gasteiger partial charge in [0.15, 0.2) is 0 Å². The van der Waals surface area contributed by atoms with Crippen LogP contribution >= 0.6 is 15.9 Å². The summed E-state index contributed by atoms with van der Waals surface area (Å²) in [5, 5.41) is 0. The number of rotatable bonds is 3. The van der Waals surface area contributed by atoms with Gasteiger partial charge in [0.25, 0.3) is 0 Å². The van der Waals surface area contributed by atoms with Gasteiger partial charge in [0.2, 0.25) is 0 Å². The largest absolute Gasteiger partial charge is 0.461 e. The van der Waals surface area contributed by atoms with Crippen molar-refractivity contribution in [2.75, 3.05) is 0 Å². The molecular formula is C12H13BrO4. The van der Waals surface area contributed by atoms with Crippen LogP contribution < -0.4 is 4.74 Å². The minimum absolute atomic E-state index is 0.145. The molecule has 5 heteroatoms. The molecule has 1 aromatic carbocycles. The molecule has 4 nitrogen and oxygen atoms in total. The van der Waals surface area contributed by atoms with E-state index in [9.17, 15) is 9.59 Å². The van der Waals surface area contributed by atoms with E-state index in [-0.39, 0.29) is 18.5 Å². The molecule has 0 spiro atoms. The Labute approximate surface area is 108 Å². The summed E-state index contributed by atoms with van der Waals surface area (Å²) in [6.07, 6.45) is 0. The second kappa shape index (κ2) is 5.82. The number of hydrogen-bond donors (Lipinski definition) is 0. The molecule has 1 rings (SSSR count). The van der Waals surface area contributed by atoms with Crippen LogP contribution in [0.4, 0.5) is 0 Å². The standard InChI is InChI=1S/C12H13BrO4/c1-7-4-11(17-9(3)15)5-10(12(7)13)6-16-8(2)14/h4-5H,6H2,1-3H3. The van der Waals surface area contributed by atoms with Crippen LogP contribution in [0.3, 0.4) is 0 Å². The van der Waals surface area contributed by atoms with Crippen molar-refractivity contribution in [1.29, 1.82) is 0 Å². The topological polar surface area (TPSA) is 52.6 Å². The zero-order valence-corrected chi connectivity index (χ0v) is 11.5. The van der Waals surface area contributed by atoms with Crippen LogP contribution in [0.1, 0.15) is 25.0 Å². The van der Waals surface area contributed by atoms with E-state index in [1.54, 1.807) is 12.1 Å². The maximum absolute atomic E-state index is 10.9. The lowest BCUT2D eigenvalue weighted by molar-refractivity contribution is -0.142. The highest BCUT2D eigenvalue weighted by Gasteiger charge is 2.09. The molecule has 0 amide bonds. The lowest BCUT2D eigenvalue weighted by Gasteiger charge is -2.10. The Morgan fingerprint density at radius 2 is 1.88 bits per heavy atom. The molecule has 0 aliphatic carbocycles. The number of esters is 2. The van der Waals surface area contributed by atoms with Gasteiger partial charge in [-0.05, 0) is 24.6 Å². The fourth-order valence-electron chi connectivity index (χ4n) is 1.32. The van der Waals surface area contributed by atoms with Crippen LogP contribution in [0, 0.1) is 6.92 Å². The third-order valence-corrected chi connectivity index (χ3v) is 3.13. The molecule has 17 heavy (non-hydrogen) atoms. The van der Waals surface area contributed by atoms with E-state index in [1.807, 2.05) is 6.92 Å². The summed E-state index contributed by atoms with van der Waals surface area (Å²) in [7, 11) is 0. The van der Waals surface area contributed by atoms with E-state index in [0.717, 1.165) is 15.6 Å². The van der Waals surface area contributed by atoms with Crippen LogP contribution in [0.2, 0.25) is 0 Å². The van der Waals surface area contributed by atoms with Crippen LogP contribution in [-0.4, -0.2) is 11.9 Å². The monoisotopic (exact) mass is 300 g/mol. The molecule has 0 fully saturated rings. The molecule has 0 aliphatic rings. The first-order valence-corrected chi connectivity index (χ1v) is 5.80. The summed E-state index contributed by atoms with van der Waals surface area (Å²) < 4.78 is 10.8. The van der Waals surface area contributed by atoms with Crippen molar-refractivity contribution in [3.05, 3.63) is 27.7 Å². The van der Waals surface area contributed by atoms with Gasteiger partial charge in [-0.15, -0.1) is 0 Å². The maximum Gasteiger partial charge on any atom is 0.308 e. The van der Waals surface area contributed by atoms with Crippen LogP contribution in [-0.2, 0) is 20.9 Å². The number of aryl methyl sites for hydroxylation is 1. The van der Waals surface area contributed by atoms with E-state index >= 15 is 0 Å². The van der Waals surface area contributed by atoms with E-state index in [1.165, 1.54) is 13.8 Å². The first-order chi connectivity index (χ1) is 7.90. The van der Waals surface area contributed by atoms with E-state index in [4.69, 9.17) is 9.47 Å². The molecule has 0 bridgehead atoms. The van der Waals surface area contributed by atoms with Crippen LogP contribution in [0.15, 0.2) is 16.6 Å². The van der Waals surface area contributed by atoms with Crippen molar-refractivity contribution in [2.24, 2.45) is 0 Å². The van der Waals surface area contributed by atoms with Crippen molar-refractivity contribution in [3.63, 3.8) is 0 Å². The lowest BCUT2D eigenvalue weighted by atomic mass is 10.1. The highest BCUT2D eigenvalue weighted by Crippen LogP contribution is 2.27. The molecule has 0 aliphatic heterocycles. The Hall–Kier alpha value is -1.36. The van der Waals surface area contributed by atoms with Crippen molar-refractivity contribution in [1.82, 2.24) is 0 Å². The summed E-state index contributed by atoms with van der Waals surface area (Å²) >= 11 is 3.40. The molecule has 1 aromatic rings. The average Bonchev–Trinajstić information content (AvgIpc) is 2.20. The van der Waals surface area contributed by atoms with Gasteiger partial charge < -0.3 is 9.47 Å². The normalized spacial score (nSPS) is 9.88. The SMILES string of the molecule is CC(=O)OCc1cc(OC(C)=O)cc(C)c1Br. The summed E-state index contributed by atoms with van der Waals surface area (Å²) in [5.74, 6) is -0.294. The zero-order valence-electron chi connectivity index (χ0n) is 9.87. The molecule has 0 unspecified atom stereocenters. The maximum atomic E-state index is 10.9. The van der Waals surface area contributed by atoms with Crippen molar-refractivity contribution in [2.45, 2.75) is 27.4 Å². The second-order valence-corrected chi connectivity index (χ2v) is 4.38. The highest BCUT2D eigenvalue weighted by molar-refractivity contribution is 9.10. The van der Waals surface area contributed by atoms with Gasteiger partial charge in [-0.3, -0.25) is 9.59 Å². The summed E-state index contributed by atoms with van der Waals surface area (Å²) in [4.78, 5) is 21.6. The molecular weight excluding hydrogens is 288 g/mol. The van der Waals surface area contributed by atoms with Crippen molar-refractivity contribution < 1.29 is 19.1 Å². The van der Waals surface area contributed by atoms with Gasteiger partial charge in [0.05, 0.1) is 0 Å². The van der Waals surface area contributed by atoms with E-state index < -0.39 is 0 Å². The minimum Gasteiger partial charge on any atom is -0.461 e. The number of hydrogen-bond acceptors (Lipinski definition) is 4. The Morgan fingerprint density at radius 3 is 2.41 bits per heavy atom. The Balaban J connectivity index is 2.97. The Morgan fingerprint density at radius 1 is 1.24 bits per heavy atom. The first kappa shape index (κ1) is 13.7. The molecule has 0 saturated heterocycles. The smallest absolute Gasteiger partial charge is 0.308 e. The highest BCUT2D eigenvalue weighted by atomic mass is 79.9. The predicted octanol–water partition coefficient (Wildman–Crippen LogP) is 2.75. The third kappa shape index (κ3) is 4.19. The summed E-state index contributed by atoms with van der Waals surface area (Å²) in [6, 6.07) is 3.41. The lowest BCUT2D eigenvalue weighted by Crippen LogP contribution is -2.04. The zero-order chi connectivity index (χ0) is 13.0. The second-order valence-electron chi connectivity index (χ2n) is 3.59. The summed E-state index contributed by atoms with van der Waals surface area (Å²) in [6.45, 7) is 4.69. The van der Waals surface area contributed by atoms with E-state index in [2.05, 4.69) is 15.9 Å². The molecule has 92 valence electrons. The van der Waals surface area contributed by atoms with Gasteiger partial charge in [0, 0.05) is 23.9 Å². The minimum atomic E-state index is -0.384.